The highest BCUT2D eigenvalue weighted by molar-refractivity contribution is 6.31. The van der Waals surface area contributed by atoms with Crippen LogP contribution in [-0.2, 0) is 15.9 Å². The molecule has 0 aliphatic heterocycles. The lowest BCUT2D eigenvalue weighted by molar-refractivity contribution is 0.0600. The number of rotatable bonds is 8. The number of anilines is 1. The molecule has 0 spiro atoms. The molecule has 1 amide bonds. The van der Waals surface area contributed by atoms with Crippen LogP contribution < -0.4 is 5.32 Å². The first-order valence-corrected chi connectivity index (χ1v) is 13.3. The van der Waals surface area contributed by atoms with Gasteiger partial charge in [-0.2, -0.15) is 0 Å². The van der Waals surface area contributed by atoms with E-state index in [4.69, 9.17) is 21.1 Å². The van der Waals surface area contributed by atoms with E-state index in [-0.39, 0.29) is 12.6 Å². The Balaban J connectivity index is 1.41. The van der Waals surface area contributed by atoms with E-state index in [9.17, 15) is 9.59 Å². The fourth-order valence-electron chi connectivity index (χ4n) is 5.10. The molecule has 0 radical (unpaired) electrons. The zero-order valence-electron chi connectivity index (χ0n) is 22.3. The monoisotopic (exact) mass is 552 g/mol. The molecule has 202 valence electrons. The summed E-state index contributed by atoms with van der Waals surface area (Å²) in [6.45, 7) is 2.28. The zero-order chi connectivity index (χ0) is 28.1. The highest BCUT2D eigenvalue weighted by Gasteiger charge is 2.23. The molecule has 0 fully saturated rings. The van der Waals surface area contributed by atoms with Crippen molar-refractivity contribution in [3.05, 3.63) is 136 Å². The molecule has 40 heavy (non-hydrogen) atoms. The molecular formula is C33H29ClN2O4. The van der Waals surface area contributed by atoms with Gasteiger partial charge in [-0.25, -0.2) is 9.59 Å². The molecular weight excluding hydrogens is 524 g/mol. The number of nitrogens with one attached hydrogen (secondary N) is 1. The summed E-state index contributed by atoms with van der Waals surface area (Å²) < 4.78 is 12.6. The number of esters is 1. The molecule has 0 saturated carbocycles. The van der Waals surface area contributed by atoms with E-state index in [1.165, 1.54) is 18.2 Å². The predicted octanol–water partition coefficient (Wildman–Crippen LogP) is 7.82. The number of nitrogens with zero attached hydrogens (tertiary/aromatic N) is 1. The predicted molar refractivity (Wildman–Crippen MR) is 158 cm³/mol. The van der Waals surface area contributed by atoms with Crippen LogP contribution in [0.15, 0.2) is 103 Å². The van der Waals surface area contributed by atoms with Crippen LogP contribution in [0, 0.1) is 6.92 Å². The van der Waals surface area contributed by atoms with Crippen molar-refractivity contribution in [2.24, 2.45) is 0 Å². The molecule has 5 rings (SSSR count). The van der Waals surface area contributed by atoms with Crippen molar-refractivity contribution < 1.29 is 19.1 Å². The second kappa shape index (κ2) is 12.1. The maximum atomic E-state index is 12.5. The van der Waals surface area contributed by atoms with Gasteiger partial charge in [0.1, 0.15) is 0 Å². The Labute approximate surface area is 238 Å². The van der Waals surface area contributed by atoms with E-state index in [1.807, 2.05) is 24.3 Å². The number of fused-ring (bicyclic) bond motifs is 1. The van der Waals surface area contributed by atoms with E-state index >= 15 is 0 Å². The molecule has 5 aromatic rings. The minimum atomic E-state index is -0.573. The minimum Gasteiger partial charge on any atom is -0.465 e. The number of ether oxygens (including phenoxy) is 2. The van der Waals surface area contributed by atoms with Crippen LogP contribution in [-0.4, -0.2) is 30.3 Å². The largest absolute Gasteiger partial charge is 0.465 e. The Bertz CT molecular complexity index is 1590. The number of carbonyl (C=O) groups excluding carboxylic acids is 2. The first-order chi connectivity index (χ1) is 19.5. The van der Waals surface area contributed by atoms with Crippen LogP contribution in [0.5, 0.6) is 0 Å². The molecule has 1 aromatic heterocycles. The highest BCUT2D eigenvalue weighted by Crippen LogP contribution is 2.37. The summed E-state index contributed by atoms with van der Waals surface area (Å²) in [6.07, 6.45) is -0.0580. The summed E-state index contributed by atoms with van der Waals surface area (Å²) in [4.78, 5) is 24.1. The lowest BCUT2D eigenvalue weighted by atomic mass is 9.98. The first kappa shape index (κ1) is 27.0. The second-order valence-electron chi connectivity index (χ2n) is 9.40. The van der Waals surface area contributed by atoms with Gasteiger partial charge in [-0.05, 0) is 66.1 Å². The molecule has 0 aliphatic rings. The fourth-order valence-corrected chi connectivity index (χ4v) is 5.27. The Morgan fingerprint density at radius 1 is 0.875 bits per heavy atom. The summed E-state index contributed by atoms with van der Waals surface area (Å²) in [5, 5.41) is 4.38. The van der Waals surface area contributed by atoms with Gasteiger partial charge in [0.2, 0.25) is 0 Å². The van der Waals surface area contributed by atoms with E-state index in [0.29, 0.717) is 22.7 Å². The molecule has 0 aliphatic carbocycles. The third kappa shape index (κ3) is 5.72. The minimum absolute atomic E-state index is 0.0444. The Morgan fingerprint density at radius 3 is 2.10 bits per heavy atom. The third-order valence-corrected chi connectivity index (χ3v) is 7.20. The number of hydrogen-bond donors (Lipinski definition) is 1. The zero-order valence-corrected chi connectivity index (χ0v) is 23.0. The Morgan fingerprint density at radius 2 is 1.50 bits per heavy atom. The molecule has 7 heteroatoms. The van der Waals surface area contributed by atoms with Gasteiger partial charge in [-0.1, -0.05) is 72.3 Å². The molecule has 1 N–H and O–H groups in total. The summed E-state index contributed by atoms with van der Waals surface area (Å²) in [6, 6.07) is 33.1. The van der Waals surface area contributed by atoms with Crippen LogP contribution in [0.3, 0.4) is 0 Å². The van der Waals surface area contributed by atoms with Gasteiger partial charge in [0.15, 0.2) is 0 Å². The molecule has 0 bridgehead atoms. The van der Waals surface area contributed by atoms with Crippen molar-refractivity contribution in [3.63, 3.8) is 0 Å². The lowest BCUT2D eigenvalue weighted by Crippen LogP contribution is -2.16. The van der Waals surface area contributed by atoms with Gasteiger partial charge < -0.3 is 14.0 Å². The van der Waals surface area contributed by atoms with Crippen LogP contribution in [0.25, 0.3) is 10.9 Å². The average molecular weight is 553 g/mol. The van der Waals surface area contributed by atoms with E-state index in [1.54, 1.807) is 24.3 Å². The molecule has 6 nitrogen and oxygen atoms in total. The number of methoxy groups -OCH3 is 1. The summed E-state index contributed by atoms with van der Waals surface area (Å²) in [5.74, 6) is -0.439. The number of aromatic nitrogens is 1. The number of halogens is 1. The van der Waals surface area contributed by atoms with Gasteiger partial charge in [-0.15, -0.1) is 0 Å². The number of carbonyl (C=O) groups is 2. The molecule has 0 saturated heterocycles. The fraction of sp³-hybridized carbons (Fsp3) is 0.152. The maximum Gasteiger partial charge on any atom is 0.411 e. The maximum absolute atomic E-state index is 12.5. The smallest absolute Gasteiger partial charge is 0.411 e. The van der Waals surface area contributed by atoms with Crippen molar-refractivity contribution in [2.75, 3.05) is 19.0 Å². The standard InChI is InChI=1S/C33H29ClN2O4/c1-22-28(19-20-40-33(38)35-27-16-13-25(14-17-27)32(37)39-2)29-21-26(34)15-18-30(29)36(22)31(23-9-5-3-6-10-23)24-11-7-4-8-12-24/h3-18,21,31H,19-20H2,1-2H3,(H,35,38). The van der Waals surface area contributed by atoms with Crippen molar-refractivity contribution in [1.82, 2.24) is 4.57 Å². The van der Waals surface area contributed by atoms with Crippen molar-refractivity contribution in [2.45, 2.75) is 19.4 Å². The average Bonchev–Trinajstić information content (AvgIpc) is 3.24. The van der Waals surface area contributed by atoms with Gasteiger partial charge in [0.05, 0.1) is 25.3 Å². The van der Waals surface area contributed by atoms with Crippen LogP contribution in [0.2, 0.25) is 5.02 Å². The molecule has 0 unspecified atom stereocenters. The number of amides is 1. The van der Waals surface area contributed by atoms with E-state index in [2.05, 4.69) is 71.4 Å². The van der Waals surface area contributed by atoms with Crippen molar-refractivity contribution >= 4 is 40.3 Å². The van der Waals surface area contributed by atoms with Crippen LogP contribution >= 0.6 is 11.6 Å². The quantitative estimate of drug-likeness (QED) is 0.199. The van der Waals surface area contributed by atoms with Gasteiger partial charge in [0, 0.05) is 33.7 Å². The summed E-state index contributed by atoms with van der Waals surface area (Å²) in [7, 11) is 1.32. The third-order valence-electron chi connectivity index (χ3n) is 6.97. The number of hydrogen-bond acceptors (Lipinski definition) is 4. The summed E-state index contributed by atoms with van der Waals surface area (Å²) in [5.41, 5.74) is 6.47. The Hall–Kier alpha value is -4.55. The second-order valence-corrected chi connectivity index (χ2v) is 9.84. The van der Waals surface area contributed by atoms with Gasteiger partial charge in [-0.3, -0.25) is 5.32 Å². The SMILES string of the molecule is COC(=O)c1ccc(NC(=O)OCCc2c(C)n(C(c3ccccc3)c3ccccc3)c3ccc(Cl)cc23)cc1. The highest BCUT2D eigenvalue weighted by atomic mass is 35.5. The van der Waals surface area contributed by atoms with Crippen LogP contribution in [0.1, 0.15) is 38.8 Å². The van der Waals surface area contributed by atoms with Crippen molar-refractivity contribution in [1.29, 1.82) is 0 Å². The normalized spacial score (nSPS) is 11.0. The summed E-state index contributed by atoms with van der Waals surface area (Å²) >= 11 is 6.45. The van der Waals surface area contributed by atoms with E-state index < -0.39 is 12.1 Å². The lowest BCUT2D eigenvalue weighted by Gasteiger charge is -2.23. The first-order valence-electron chi connectivity index (χ1n) is 13.0. The van der Waals surface area contributed by atoms with Gasteiger partial charge in [0.25, 0.3) is 0 Å². The molecule has 4 aromatic carbocycles. The number of benzene rings is 4. The Kier molecular flexibility index (Phi) is 8.18. The van der Waals surface area contributed by atoms with Gasteiger partial charge >= 0.3 is 12.1 Å². The van der Waals surface area contributed by atoms with Crippen molar-refractivity contribution in [3.8, 4) is 0 Å². The topological polar surface area (TPSA) is 69.6 Å². The van der Waals surface area contributed by atoms with Crippen LogP contribution in [0.4, 0.5) is 10.5 Å². The molecule has 1 heterocycles. The molecule has 0 atom stereocenters. The van der Waals surface area contributed by atoms with E-state index in [0.717, 1.165) is 22.2 Å².